The highest BCUT2D eigenvalue weighted by atomic mass is 79.9. The average molecular weight is 365 g/mol. The molecular formula is C8H3Br2Cl3. The summed E-state index contributed by atoms with van der Waals surface area (Å²) in [5.41, 5.74) is 0.694. The molecule has 0 aliphatic rings. The molecule has 0 saturated carbocycles. The van der Waals surface area contributed by atoms with E-state index in [2.05, 4.69) is 31.9 Å². The van der Waals surface area contributed by atoms with Gasteiger partial charge in [0.1, 0.15) is 0 Å². The Morgan fingerprint density at radius 3 is 2.31 bits per heavy atom. The smallest absolute Gasteiger partial charge is 0.0796 e. The van der Waals surface area contributed by atoms with Crippen molar-refractivity contribution in [3.8, 4) is 0 Å². The van der Waals surface area contributed by atoms with Crippen molar-refractivity contribution in [2.45, 2.75) is 0 Å². The molecular weight excluding hydrogens is 362 g/mol. The van der Waals surface area contributed by atoms with E-state index in [0.29, 0.717) is 24.0 Å². The Bertz CT molecular complexity index is 356. The zero-order valence-electron chi connectivity index (χ0n) is 6.12. The SMILES string of the molecule is ClC(=C(Br)Br)c1cccc(Cl)c1Cl. The van der Waals surface area contributed by atoms with Crippen LogP contribution in [0.3, 0.4) is 0 Å². The van der Waals surface area contributed by atoms with E-state index in [0.717, 1.165) is 0 Å². The Balaban J connectivity index is 3.32. The molecule has 5 heteroatoms. The van der Waals surface area contributed by atoms with Crippen molar-refractivity contribution < 1.29 is 0 Å². The highest BCUT2D eigenvalue weighted by Gasteiger charge is 2.09. The molecule has 0 radical (unpaired) electrons. The molecule has 13 heavy (non-hydrogen) atoms. The summed E-state index contributed by atoms with van der Waals surface area (Å²) in [4.78, 5) is 0. The average Bonchev–Trinajstić information content (AvgIpc) is 2.08. The maximum Gasteiger partial charge on any atom is 0.0796 e. The van der Waals surface area contributed by atoms with Crippen LogP contribution in [0.25, 0.3) is 5.03 Å². The van der Waals surface area contributed by atoms with Gasteiger partial charge in [-0.15, -0.1) is 0 Å². The van der Waals surface area contributed by atoms with Crippen LogP contribution in [0.4, 0.5) is 0 Å². The second-order valence-corrected chi connectivity index (χ2v) is 5.99. The number of halogens is 5. The van der Waals surface area contributed by atoms with E-state index in [1.54, 1.807) is 18.2 Å². The van der Waals surface area contributed by atoms with Crippen molar-refractivity contribution in [2.75, 3.05) is 0 Å². The third-order valence-corrected chi connectivity index (χ3v) is 3.82. The molecule has 0 aliphatic heterocycles. The van der Waals surface area contributed by atoms with E-state index in [1.165, 1.54) is 0 Å². The van der Waals surface area contributed by atoms with Crippen LogP contribution in [0.2, 0.25) is 10.0 Å². The summed E-state index contributed by atoms with van der Waals surface area (Å²) >= 11 is 24.1. The lowest BCUT2D eigenvalue weighted by atomic mass is 10.2. The highest BCUT2D eigenvalue weighted by Crippen LogP contribution is 2.37. The van der Waals surface area contributed by atoms with Gasteiger partial charge in [0, 0.05) is 5.56 Å². The molecule has 0 fully saturated rings. The van der Waals surface area contributed by atoms with Crippen LogP contribution < -0.4 is 0 Å². The maximum atomic E-state index is 5.96. The molecule has 0 amide bonds. The molecule has 0 atom stereocenters. The summed E-state index contributed by atoms with van der Waals surface area (Å²) in [7, 11) is 0. The predicted molar refractivity (Wildman–Crippen MR) is 67.1 cm³/mol. The largest absolute Gasteiger partial charge is 0.0827 e. The van der Waals surface area contributed by atoms with Gasteiger partial charge in [-0.1, -0.05) is 46.9 Å². The zero-order valence-corrected chi connectivity index (χ0v) is 11.6. The zero-order chi connectivity index (χ0) is 10.0. The van der Waals surface area contributed by atoms with E-state index in [1.807, 2.05) is 0 Å². The lowest BCUT2D eigenvalue weighted by Crippen LogP contribution is -1.80. The van der Waals surface area contributed by atoms with Crippen LogP contribution in [0.5, 0.6) is 0 Å². The molecule has 0 bridgehead atoms. The molecule has 70 valence electrons. The maximum absolute atomic E-state index is 5.96. The Kier molecular flexibility index (Phi) is 4.59. The summed E-state index contributed by atoms with van der Waals surface area (Å²) in [5.74, 6) is 0. The molecule has 0 saturated heterocycles. The van der Waals surface area contributed by atoms with E-state index in [9.17, 15) is 0 Å². The number of rotatable bonds is 1. The molecule has 0 heterocycles. The molecule has 1 aromatic carbocycles. The lowest BCUT2D eigenvalue weighted by molar-refractivity contribution is 1.65. The van der Waals surface area contributed by atoms with Crippen molar-refractivity contribution >= 4 is 71.7 Å². The first kappa shape index (κ1) is 11.9. The fourth-order valence-corrected chi connectivity index (χ4v) is 1.80. The number of benzene rings is 1. The Morgan fingerprint density at radius 1 is 1.15 bits per heavy atom. The summed E-state index contributed by atoms with van der Waals surface area (Å²) in [6.45, 7) is 0. The minimum absolute atomic E-state index is 0.450. The summed E-state index contributed by atoms with van der Waals surface area (Å²) in [6.07, 6.45) is 0. The third-order valence-electron chi connectivity index (χ3n) is 1.35. The molecule has 1 rings (SSSR count). The molecule has 0 nitrogen and oxygen atoms in total. The first-order valence-electron chi connectivity index (χ1n) is 3.19. The molecule has 1 aromatic rings. The summed E-state index contributed by atoms with van der Waals surface area (Å²) < 4.78 is 0.644. The lowest BCUT2D eigenvalue weighted by Gasteiger charge is -2.04. The van der Waals surface area contributed by atoms with Crippen molar-refractivity contribution in [3.05, 3.63) is 37.2 Å². The van der Waals surface area contributed by atoms with Crippen molar-refractivity contribution in [2.24, 2.45) is 0 Å². The number of hydrogen-bond donors (Lipinski definition) is 0. The summed E-state index contributed by atoms with van der Waals surface area (Å²) in [5, 5.41) is 1.43. The first-order chi connectivity index (χ1) is 6.04. The van der Waals surface area contributed by atoms with Gasteiger partial charge in [-0.2, -0.15) is 0 Å². The van der Waals surface area contributed by atoms with Gasteiger partial charge < -0.3 is 0 Å². The quantitative estimate of drug-likeness (QED) is 0.604. The van der Waals surface area contributed by atoms with Crippen LogP contribution in [0, 0.1) is 0 Å². The van der Waals surface area contributed by atoms with E-state index in [-0.39, 0.29) is 0 Å². The van der Waals surface area contributed by atoms with Crippen molar-refractivity contribution in [1.29, 1.82) is 0 Å². The van der Waals surface area contributed by atoms with Gasteiger partial charge >= 0.3 is 0 Å². The van der Waals surface area contributed by atoms with E-state index in [4.69, 9.17) is 34.8 Å². The first-order valence-corrected chi connectivity index (χ1v) is 5.91. The molecule has 0 spiro atoms. The van der Waals surface area contributed by atoms with Gasteiger partial charge in [-0.05, 0) is 37.9 Å². The Morgan fingerprint density at radius 2 is 1.77 bits per heavy atom. The van der Waals surface area contributed by atoms with Crippen LogP contribution >= 0.6 is 66.7 Å². The van der Waals surface area contributed by atoms with Crippen LogP contribution in [-0.4, -0.2) is 0 Å². The van der Waals surface area contributed by atoms with Crippen LogP contribution in [0.1, 0.15) is 5.56 Å². The fourth-order valence-electron chi connectivity index (χ4n) is 0.775. The monoisotopic (exact) mass is 362 g/mol. The molecule has 0 N–H and O–H groups in total. The van der Waals surface area contributed by atoms with Gasteiger partial charge in [0.05, 0.1) is 18.5 Å². The second kappa shape index (κ2) is 5.04. The molecule has 0 aliphatic carbocycles. The van der Waals surface area contributed by atoms with Crippen molar-refractivity contribution in [3.63, 3.8) is 0 Å². The van der Waals surface area contributed by atoms with Gasteiger partial charge in [-0.3, -0.25) is 0 Å². The molecule has 0 unspecified atom stereocenters. The van der Waals surface area contributed by atoms with Crippen LogP contribution in [-0.2, 0) is 0 Å². The van der Waals surface area contributed by atoms with Crippen molar-refractivity contribution in [1.82, 2.24) is 0 Å². The standard InChI is InChI=1S/C8H3Br2Cl3/c9-8(10)7(13)4-2-1-3-5(11)6(4)12/h1-3H. The fraction of sp³-hybridized carbons (Fsp3) is 0. The number of hydrogen-bond acceptors (Lipinski definition) is 0. The highest BCUT2D eigenvalue weighted by molar-refractivity contribution is 9.28. The predicted octanol–water partition coefficient (Wildman–Crippen LogP) is 5.65. The van der Waals surface area contributed by atoms with E-state index < -0.39 is 0 Å². The van der Waals surface area contributed by atoms with Gasteiger partial charge in [0.2, 0.25) is 0 Å². The summed E-state index contributed by atoms with van der Waals surface area (Å²) in [6, 6.07) is 5.29. The van der Waals surface area contributed by atoms with Gasteiger partial charge in [-0.25, -0.2) is 0 Å². The van der Waals surface area contributed by atoms with Gasteiger partial charge in [0.25, 0.3) is 0 Å². The topological polar surface area (TPSA) is 0 Å². The normalized spacial score (nSPS) is 9.92. The molecule has 0 aromatic heterocycles. The van der Waals surface area contributed by atoms with E-state index >= 15 is 0 Å². The Hall–Kier alpha value is 0.790. The minimum atomic E-state index is 0.450. The van der Waals surface area contributed by atoms with Crippen LogP contribution in [0.15, 0.2) is 21.6 Å². The Labute approximate surface area is 108 Å². The minimum Gasteiger partial charge on any atom is -0.0827 e. The third kappa shape index (κ3) is 2.87. The second-order valence-electron chi connectivity index (χ2n) is 2.18. The van der Waals surface area contributed by atoms with Gasteiger partial charge in [0.15, 0.2) is 0 Å².